The molecular weight excluding hydrogens is 356 g/mol. The van der Waals surface area contributed by atoms with Crippen LogP contribution in [0.5, 0.6) is 11.5 Å². The minimum absolute atomic E-state index is 0.0432. The highest BCUT2D eigenvalue weighted by Gasteiger charge is 2.30. The molecule has 0 saturated heterocycles. The van der Waals surface area contributed by atoms with Gasteiger partial charge in [0.05, 0.1) is 17.8 Å². The van der Waals surface area contributed by atoms with Crippen LogP contribution < -0.4 is 9.47 Å². The van der Waals surface area contributed by atoms with Crippen LogP contribution in [0.2, 0.25) is 0 Å². The molecule has 0 aliphatic heterocycles. The van der Waals surface area contributed by atoms with Gasteiger partial charge in [0.2, 0.25) is 0 Å². The minimum atomic E-state index is -4.32. The van der Waals surface area contributed by atoms with E-state index in [1.54, 1.807) is 0 Å². The van der Waals surface area contributed by atoms with E-state index < -0.39 is 5.51 Å². The minimum Gasteiger partial charge on any atom is -0.495 e. The number of hydrogen-bond acceptors (Lipinski definition) is 3. The normalized spacial score (nSPS) is 11.4. The smallest absolute Gasteiger partial charge is 0.446 e. The standard InChI is InChI=1S/C9H8F3IO2S/c1-14-6-3-5(16-9(10,11)12)4-7(15-2)8(6)13/h3-4H,1-2H3. The van der Waals surface area contributed by atoms with Gasteiger partial charge in [-0.1, -0.05) is 0 Å². The van der Waals surface area contributed by atoms with E-state index in [0.717, 1.165) is 0 Å². The van der Waals surface area contributed by atoms with Crippen LogP contribution in [0.25, 0.3) is 0 Å². The lowest BCUT2D eigenvalue weighted by Gasteiger charge is -2.12. The highest BCUT2D eigenvalue weighted by molar-refractivity contribution is 14.1. The number of hydrogen-bond donors (Lipinski definition) is 0. The number of ether oxygens (including phenoxy) is 2. The number of benzene rings is 1. The van der Waals surface area contributed by atoms with Crippen molar-refractivity contribution in [3.05, 3.63) is 15.7 Å². The summed E-state index contributed by atoms with van der Waals surface area (Å²) in [5.74, 6) is 0.735. The molecule has 7 heteroatoms. The van der Waals surface area contributed by atoms with Gasteiger partial charge in [0, 0.05) is 4.90 Å². The molecule has 0 spiro atoms. The first-order chi connectivity index (χ1) is 7.37. The van der Waals surface area contributed by atoms with Gasteiger partial charge >= 0.3 is 5.51 Å². The van der Waals surface area contributed by atoms with Crippen molar-refractivity contribution in [2.45, 2.75) is 10.4 Å². The van der Waals surface area contributed by atoms with Crippen LogP contribution in [-0.2, 0) is 0 Å². The van der Waals surface area contributed by atoms with E-state index in [4.69, 9.17) is 9.47 Å². The second kappa shape index (κ2) is 5.35. The summed E-state index contributed by atoms with van der Waals surface area (Å²) < 4.78 is 47.2. The van der Waals surface area contributed by atoms with Crippen LogP contribution in [0.1, 0.15) is 0 Å². The Morgan fingerprint density at radius 2 is 1.56 bits per heavy atom. The molecule has 90 valence electrons. The Labute approximate surface area is 109 Å². The lowest BCUT2D eigenvalue weighted by atomic mass is 10.3. The molecule has 0 aromatic heterocycles. The van der Waals surface area contributed by atoms with Crippen molar-refractivity contribution in [2.24, 2.45) is 0 Å². The summed E-state index contributed by atoms with van der Waals surface area (Å²) >= 11 is 1.76. The molecule has 0 N–H and O–H groups in total. The molecule has 1 aromatic rings. The van der Waals surface area contributed by atoms with Crippen molar-refractivity contribution in [3.8, 4) is 11.5 Å². The lowest BCUT2D eigenvalue weighted by Crippen LogP contribution is -2.00. The topological polar surface area (TPSA) is 18.5 Å². The summed E-state index contributed by atoms with van der Waals surface area (Å²) in [5, 5.41) is 0. The average molecular weight is 364 g/mol. The summed E-state index contributed by atoms with van der Waals surface area (Å²) in [6.45, 7) is 0. The number of thioether (sulfide) groups is 1. The Hall–Kier alpha value is -0.310. The van der Waals surface area contributed by atoms with Crippen LogP contribution in [0.3, 0.4) is 0 Å². The fourth-order valence-corrected chi connectivity index (χ4v) is 2.39. The number of methoxy groups -OCH3 is 2. The van der Waals surface area contributed by atoms with Crippen molar-refractivity contribution in [2.75, 3.05) is 14.2 Å². The van der Waals surface area contributed by atoms with E-state index in [9.17, 15) is 13.2 Å². The number of halogens is 4. The van der Waals surface area contributed by atoms with Gasteiger partial charge in [0.1, 0.15) is 11.5 Å². The second-order valence-corrected chi connectivity index (χ2v) is 4.91. The number of rotatable bonds is 3. The Bertz CT molecular complexity index is 357. The van der Waals surface area contributed by atoms with E-state index >= 15 is 0 Å². The van der Waals surface area contributed by atoms with Crippen LogP contribution in [0.15, 0.2) is 17.0 Å². The van der Waals surface area contributed by atoms with Gasteiger partial charge < -0.3 is 9.47 Å². The van der Waals surface area contributed by atoms with Crippen LogP contribution in [0, 0.1) is 3.57 Å². The average Bonchev–Trinajstić information content (AvgIpc) is 2.18. The molecule has 0 aliphatic rings. The molecule has 16 heavy (non-hydrogen) atoms. The molecule has 0 amide bonds. The van der Waals surface area contributed by atoms with Crippen molar-refractivity contribution >= 4 is 34.4 Å². The third kappa shape index (κ3) is 3.62. The Balaban J connectivity index is 3.12. The summed E-state index contributed by atoms with van der Waals surface area (Å²) in [6.07, 6.45) is 0. The molecule has 1 aromatic carbocycles. The molecule has 1 rings (SSSR count). The maximum absolute atomic E-state index is 12.2. The first-order valence-electron chi connectivity index (χ1n) is 4.04. The third-order valence-electron chi connectivity index (χ3n) is 1.65. The number of alkyl halides is 3. The van der Waals surface area contributed by atoms with Gasteiger partial charge in [-0.3, -0.25) is 0 Å². The summed E-state index contributed by atoms with van der Waals surface area (Å²) in [4.78, 5) is 0.0432. The molecule has 0 unspecified atom stereocenters. The van der Waals surface area contributed by atoms with E-state index in [2.05, 4.69) is 0 Å². The lowest BCUT2D eigenvalue weighted by molar-refractivity contribution is -0.0328. The third-order valence-corrected chi connectivity index (χ3v) is 3.42. The van der Waals surface area contributed by atoms with Gasteiger partial charge in [-0.25, -0.2) is 0 Å². The molecule has 0 bridgehead atoms. The maximum atomic E-state index is 12.2. The van der Waals surface area contributed by atoms with E-state index in [-0.39, 0.29) is 16.7 Å². The van der Waals surface area contributed by atoms with Gasteiger partial charge in [-0.15, -0.1) is 0 Å². The second-order valence-electron chi connectivity index (χ2n) is 2.69. The van der Waals surface area contributed by atoms with Crippen molar-refractivity contribution < 1.29 is 22.6 Å². The first-order valence-corrected chi connectivity index (χ1v) is 5.94. The van der Waals surface area contributed by atoms with Crippen LogP contribution in [0.4, 0.5) is 13.2 Å². The monoisotopic (exact) mass is 364 g/mol. The zero-order valence-electron chi connectivity index (χ0n) is 8.39. The summed E-state index contributed by atoms with van der Waals surface area (Å²) in [5.41, 5.74) is -4.32. The van der Waals surface area contributed by atoms with E-state index in [0.29, 0.717) is 15.1 Å². The maximum Gasteiger partial charge on any atom is 0.446 e. The van der Waals surface area contributed by atoms with Gasteiger partial charge in [-0.2, -0.15) is 13.2 Å². The highest BCUT2D eigenvalue weighted by Crippen LogP contribution is 2.42. The van der Waals surface area contributed by atoms with E-state index in [1.165, 1.54) is 26.4 Å². The molecule has 0 atom stereocenters. The largest absolute Gasteiger partial charge is 0.495 e. The summed E-state index contributed by atoms with van der Waals surface area (Å²) in [6, 6.07) is 2.67. The van der Waals surface area contributed by atoms with Crippen LogP contribution in [-0.4, -0.2) is 19.7 Å². The molecule has 2 nitrogen and oxygen atoms in total. The van der Waals surface area contributed by atoms with Crippen molar-refractivity contribution in [1.29, 1.82) is 0 Å². The zero-order valence-corrected chi connectivity index (χ0v) is 11.4. The Morgan fingerprint density at radius 1 is 1.12 bits per heavy atom. The highest BCUT2D eigenvalue weighted by atomic mass is 127. The predicted octanol–water partition coefficient (Wildman–Crippen LogP) is 3.92. The molecule has 0 aliphatic carbocycles. The fraction of sp³-hybridized carbons (Fsp3) is 0.333. The van der Waals surface area contributed by atoms with Crippen molar-refractivity contribution in [3.63, 3.8) is 0 Å². The molecule has 0 heterocycles. The molecular formula is C9H8F3IO2S. The zero-order chi connectivity index (χ0) is 12.3. The van der Waals surface area contributed by atoms with Gasteiger partial charge in [0.25, 0.3) is 0 Å². The molecule has 0 fully saturated rings. The van der Waals surface area contributed by atoms with Crippen LogP contribution >= 0.6 is 34.4 Å². The fourth-order valence-electron chi connectivity index (χ4n) is 1.04. The first kappa shape index (κ1) is 13.8. The van der Waals surface area contributed by atoms with Crippen molar-refractivity contribution in [1.82, 2.24) is 0 Å². The van der Waals surface area contributed by atoms with Gasteiger partial charge in [0.15, 0.2) is 0 Å². The molecule has 0 saturated carbocycles. The van der Waals surface area contributed by atoms with E-state index in [1.807, 2.05) is 22.6 Å². The quantitative estimate of drug-likeness (QED) is 0.599. The Morgan fingerprint density at radius 3 is 1.88 bits per heavy atom. The van der Waals surface area contributed by atoms with Gasteiger partial charge in [-0.05, 0) is 46.5 Å². The molecule has 0 radical (unpaired) electrons. The Kier molecular flexibility index (Phi) is 4.60. The predicted molar refractivity (Wildman–Crippen MR) is 64.2 cm³/mol. The summed E-state index contributed by atoms with van der Waals surface area (Å²) in [7, 11) is 2.80. The SMILES string of the molecule is COc1cc(SC(F)(F)F)cc(OC)c1I.